The average Bonchev–Trinajstić information content (AvgIpc) is 2.58. The summed E-state index contributed by atoms with van der Waals surface area (Å²) in [4.78, 5) is 23.0. The van der Waals surface area contributed by atoms with E-state index in [1.807, 2.05) is 0 Å². The second-order valence-electron chi connectivity index (χ2n) is 4.81. The van der Waals surface area contributed by atoms with Crippen LogP contribution in [0.25, 0.3) is 0 Å². The number of primary amides is 1. The number of para-hydroxylation sites is 2. The van der Waals surface area contributed by atoms with Gasteiger partial charge in [0.25, 0.3) is 5.91 Å². The van der Waals surface area contributed by atoms with Crippen LogP contribution in [0, 0.1) is 0 Å². The van der Waals surface area contributed by atoms with E-state index >= 15 is 0 Å². The van der Waals surface area contributed by atoms with Gasteiger partial charge in [-0.05, 0) is 18.2 Å². The first-order chi connectivity index (χ1) is 12.0. The maximum atomic E-state index is 12.4. The van der Waals surface area contributed by atoms with E-state index in [-0.39, 0.29) is 29.2 Å². The van der Waals surface area contributed by atoms with Crippen LogP contribution in [0.3, 0.4) is 0 Å². The van der Waals surface area contributed by atoms with E-state index in [0.29, 0.717) is 0 Å². The van der Waals surface area contributed by atoms with E-state index in [9.17, 15) is 18.4 Å². The van der Waals surface area contributed by atoms with Crippen LogP contribution in [-0.2, 0) is 16.1 Å². The number of halogens is 2. The van der Waals surface area contributed by atoms with Crippen LogP contribution in [0.4, 0.5) is 8.78 Å². The third kappa shape index (κ3) is 5.45. The minimum absolute atomic E-state index is 0.0796. The van der Waals surface area contributed by atoms with Crippen LogP contribution in [-0.4, -0.2) is 25.1 Å². The summed E-state index contributed by atoms with van der Waals surface area (Å²) < 4.78 is 39.4. The molecule has 2 rings (SSSR count). The Morgan fingerprint density at radius 1 is 1.00 bits per heavy atom. The van der Waals surface area contributed by atoms with E-state index in [4.69, 9.17) is 15.2 Å². The predicted octanol–water partition coefficient (Wildman–Crippen LogP) is 2.51. The summed E-state index contributed by atoms with van der Waals surface area (Å²) in [7, 11) is 0. The maximum Gasteiger partial charge on any atom is 0.387 e. The molecule has 0 aliphatic heterocycles. The monoisotopic (exact) mass is 351 g/mol. The molecule has 0 heterocycles. The molecular formula is C17H15F2NO5. The zero-order valence-corrected chi connectivity index (χ0v) is 13.0. The summed E-state index contributed by atoms with van der Waals surface area (Å²) in [5.74, 6) is -1.39. The summed E-state index contributed by atoms with van der Waals surface area (Å²) in [6.07, 6.45) is 0. The first-order valence-electron chi connectivity index (χ1n) is 7.17. The molecule has 0 aliphatic carbocycles. The summed E-state index contributed by atoms with van der Waals surface area (Å²) in [6, 6.07) is 12.1. The van der Waals surface area contributed by atoms with Crippen LogP contribution in [0.1, 0.15) is 15.9 Å². The van der Waals surface area contributed by atoms with Gasteiger partial charge in [0.15, 0.2) is 6.61 Å². The average molecular weight is 351 g/mol. The van der Waals surface area contributed by atoms with Crippen molar-refractivity contribution >= 4 is 11.9 Å². The number of hydrogen-bond acceptors (Lipinski definition) is 5. The molecule has 8 heteroatoms. The number of benzene rings is 2. The highest BCUT2D eigenvalue weighted by Gasteiger charge is 2.16. The molecule has 0 aliphatic rings. The zero-order valence-electron chi connectivity index (χ0n) is 13.0. The molecule has 0 atom stereocenters. The minimum atomic E-state index is -2.99. The number of hydrogen-bond donors (Lipinski definition) is 1. The third-order valence-electron chi connectivity index (χ3n) is 3.02. The fourth-order valence-corrected chi connectivity index (χ4v) is 1.97. The van der Waals surface area contributed by atoms with E-state index in [1.54, 1.807) is 18.2 Å². The first-order valence-corrected chi connectivity index (χ1v) is 7.17. The Labute approximate surface area is 142 Å². The normalized spacial score (nSPS) is 10.4. The molecule has 0 spiro atoms. The van der Waals surface area contributed by atoms with Crippen molar-refractivity contribution in [2.24, 2.45) is 5.73 Å². The van der Waals surface area contributed by atoms with Crippen LogP contribution >= 0.6 is 0 Å². The van der Waals surface area contributed by atoms with E-state index in [1.165, 1.54) is 30.3 Å². The smallest absolute Gasteiger partial charge is 0.387 e. The standard InChI is InChI=1S/C17H15F2NO5/c18-17(19)25-13-7-3-1-5-11(13)9-24-16(22)12-6-2-4-8-14(12)23-10-15(20)21/h1-8,17H,9-10H2,(H2,20,21). The van der Waals surface area contributed by atoms with Gasteiger partial charge in [0.1, 0.15) is 23.7 Å². The number of ether oxygens (including phenoxy) is 3. The van der Waals surface area contributed by atoms with Crippen molar-refractivity contribution in [1.82, 2.24) is 0 Å². The van der Waals surface area contributed by atoms with Crippen LogP contribution in [0.5, 0.6) is 11.5 Å². The molecule has 1 amide bonds. The van der Waals surface area contributed by atoms with Gasteiger partial charge in [0.05, 0.1) is 0 Å². The lowest BCUT2D eigenvalue weighted by atomic mass is 10.2. The molecule has 25 heavy (non-hydrogen) atoms. The molecule has 0 bridgehead atoms. The Morgan fingerprint density at radius 3 is 2.32 bits per heavy atom. The maximum absolute atomic E-state index is 12.4. The van der Waals surface area contributed by atoms with E-state index in [0.717, 1.165) is 0 Å². The third-order valence-corrected chi connectivity index (χ3v) is 3.02. The lowest BCUT2D eigenvalue weighted by molar-refractivity contribution is -0.119. The van der Waals surface area contributed by atoms with Gasteiger partial charge >= 0.3 is 12.6 Å². The van der Waals surface area contributed by atoms with Gasteiger partial charge in [-0.25, -0.2) is 4.79 Å². The first kappa shape index (κ1) is 18.2. The molecule has 2 N–H and O–H groups in total. The minimum Gasteiger partial charge on any atom is -0.483 e. The molecular weight excluding hydrogens is 336 g/mol. The van der Waals surface area contributed by atoms with Gasteiger partial charge in [0.2, 0.25) is 0 Å². The largest absolute Gasteiger partial charge is 0.483 e. The number of rotatable bonds is 8. The number of esters is 1. The highest BCUT2D eigenvalue weighted by Crippen LogP contribution is 2.23. The molecule has 0 saturated carbocycles. The van der Waals surface area contributed by atoms with Crippen molar-refractivity contribution in [3.8, 4) is 11.5 Å². The van der Waals surface area contributed by atoms with Crippen molar-refractivity contribution in [3.05, 3.63) is 59.7 Å². The Morgan fingerprint density at radius 2 is 1.64 bits per heavy atom. The van der Waals surface area contributed by atoms with Gasteiger partial charge in [0, 0.05) is 5.56 Å². The highest BCUT2D eigenvalue weighted by atomic mass is 19.3. The van der Waals surface area contributed by atoms with Crippen LogP contribution in [0.15, 0.2) is 48.5 Å². The Hall–Kier alpha value is -3.16. The van der Waals surface area contributed by atoms with Crippen molar-refractivity contribution in [1.29, 1.82) is 0 Å². The van der Waals surface area contributed by atoms with Gasteiger partial charge < -0.3 is 19.9 Å². The predicted molar refractivity (Wildman–Crippen MR) is 83.3 cm³/mol. The zero-order chi connectivity index (χ0) is 18.2. The lowest BCUT2D eigenvalue weighted by Gasteiger charge is -2.12. The van der Waals surface area contributed by atoms with Crippen molar-refractivity contribution in [2.45, 2.75) is 13.2 Å². The fourth-order valence-electron chi connectivity index (χ4n) is 1.97. The van der Waals surface area contributed by atoms with Crippen molar-refractivity contribution in [2.75, 3.05) is 6.61 Å². The molecule has 0 aromatic heterocycles. The second-order valence-corrected chi connectivity index (χ2v) is 4.81. The molecule has 0 unspecified atom stereocenters. The quantitative estimate of drug-likeness (QED) is 0.739. The summed E-state index contributed by atoms with van der Waals surface area (Å²) >= 11 is 0. The molecule has 0 radical (unpaired) electrons. The number of carbonyl (C=O) groups excluding carboxylic acids is 2. The summed E-state index contributed by atoms with van der Waals surface area (Å²) in [5, 5.41) is 0. The summed E-state index contributed by atoms with van der Waals surface area (Å²) in [6.45, 7) is -3.65. The number of carbonyl (C=O) groups is 2. The van der Waals surface area contributed by atoms with Crippen molar-refractivity contribution < 1.29 is 32.6 Å². The van der Waals surface area contributed by atoms with Gasteiger partial charge in [-0.1, -0.05) is 30.3 Å². The van der Waals surface area contributed by atoms with Crippen LogP contribution < -0.4 is 15.2 Å². The Kier molecular flexibility index (Phi) is 6.27. The second kappa shape index (κ2) is 8.62. The van der Waals surface area contributed by atoms with Gasteiger partial charge in [-0.3, -0.25) is 4.79 Å². The molecule has 6 nitrogen and oxygen atoms in total. The van der Waals surface area contributed by atoms with Crippen molar-refractivity contribution in [3.63, 3.8) is 0 Å². The topological polar surface area (TPSA) is 87.9 Å². The van der Waals surface area contributed by atoms with E-state index in [2.05, 4.69) is 4.74 Å². The number of amides is 1. The molecule has 2 aromatic rings. The Balaban J connectivity index is 2.07. The lowest BCUT2D eigenvalue weighted by Crippen LogP contribution is -2.21. The highest BCUT2D eigenvalue weighted by molar-refractivity contribution is 5.92. The van der Waals surface area contributed by atoms with Gasteiger partial charge in [-0.2, -0.15) is 8.78 Å². The summed E-state index contributed by atoms with van der Waals surface area (Å²) in [5.41, 5.74) is 5.37. The van der Waals surface area contributed by atoms with E-state index < -0.39 is 25.1 Å². The number of nitrogens with two attached hydrogens (primary N) is 1. The molecule has 0 saturated heterocycles. The molecule has 2 aromatic carbocycles. The van der Waals surface area contributed by atoms with Crippen LogP contribution in [0.2, 0.25) is 0 Å². The van der Waals surface area contributed by atoms with Gasteiger partial charge in [-0.15, -0.1) is 0 Å². The number of alkyl halides is 2. The Bertz CT molecular complexity index is 751. The molecule has 0 fully saturated rings. The molecule has 132 valence electrons. The fraction of sp³-hybridized carbons (Fsp3) is 0.176. The SMILES string of the molecule is NC(=O)COc1ccccc1C(=O)OCc1ccccc1OC(F)F.